The van der Waals surface area contributed by atoms with Crippen molar-refractivity contribution < 1.29 is 9.53 Å². The molecular formula is C23H31N3O2S. The first kappa shape index (κ1) is 20.5. The molecule has 0 spiro atoms. The average molecular weight is 414 g/mol. The van der Waals surface area contributed by atoms with E-state index in [-0.39, 0.29) is 11.4 Å². The molecule has 2 aromatic rings. The highest BCUT2D eigenvalue weighted by atomic mass is 32.1. The van der Waals surface area contributed by atoms with Crippen LogP contribution in [0.1, 0.15) is 58.0 Å². The van der Waals surface area contributed by atoms with Gasteiger partial charge in [0.2, 0.25) is 0 Å². The van der Waals surface area contributed by atoms with Crippen LogP contribution < -0.4 is 5.32 Å². The first-order valence-electron chi connectivity index (χ1n) is 10.8. The van der Waals surface area contributed by atoms with Crippen LogP contribution in [-0.2, 0) is 11.2 Å². The zero-order valence-electron chi connectivity index (χ0n) is 17.3. The first-order chi connectivity index (χ1) is 14.2. The van der Waals surface area contributed by atoms with Crippen molar-refractivity contribution in [3.05, 3.63) is 51.5 Å². The van der Waals surface area contributed by atoms with Crippen molar-refractivity contribution >= 4 is 17.2 Å². The maximum absolute atomic E-state index is 13.0. The fourth-order valence-electron chi connectivity index (χ4n) is 4.69. The van der Waals surface area contributed by atoms with E-state index in [2.05, 4.69) is 27.3 Å². The van der Waals surface area contributed by atoms with E-state index in [1.54, 1.807) is 0 Å². The molecule has 1 aliphatic carbocycles. The predicted octanol–water partition coefficient (Wildman–Crippen LogP) is 3.81. The number of nitrogens with one attached hydrogen (secondary N) is 1. The molecule has 0 radical (unpaired) electrons. The van der Waals surface area contributed by atoms with Crippen molar-refractivity contribution in [1.82, 2.24) is 15.2 Å². The number of benzene rings is 1. The maximum atomic E-state index is 13.0. The van der Waals surface area contributed by atoms with E-state index in [9.17, 15) is 4.79 Å². The summed E-state index contributed by atoms with van der Waals surface area (Å²) in [5, 5.41) is 4.27. The van der Waals surface area contributed by atoms with Crippen LogP contribution in [0.2, 0.25) is 0 Å². The second kappa shape index (κ2) is 9.37. The van der Waals surface area contributed by atoms with Gasteiger partial charge in [0.15, 0.2) is 0 Å². The summed E-state index contributed by atoms with van der Waals surface area (Å²) in [4.78, 5) is 21.0. The summed E-state index contributed by atoms with van der Waals surface area (Å²) in [5.74, 6) is 0.0255. The number of amides is 1. The molecule has 0 unspecified atom stereocenters. The Balaban J connectivity index is 1.42. The molecule has 1 aromatic heterocycles. The summed E-state index contributed by atoms with van der Waals surface area (Å²) >= 11 is 1.53. The quantitative estimate of drug-likeness (QED) is 0.783. The minimum absolute atomic E-state index is 0.0255. The van der Waals surface area contributed by atoms with Crippen molar-refractivity contribution in [3.8, 4) is 0 Å². The molecule has 0 atom stereocenters. The molecule has 2 fully saturated rings. The minimum atomic E-state index is 0.0255. The van der Waals surface area contributed by atoms with Crippen molar-refractivity contribution in [2.24, 2.45) is 0 Å². The number of morpholine rings is 1. The van der Waals surface area contributed by atoms with Crippen molar-refractivity contribution in [2.75, 3.05) is 32.8 Å². The van der Waals surface area contributed by atoms with E-state index < -0.39 is 0 Å². The lowest BCUT2D eigenvalue weighted by Gasteiger charge is -2.48. The largest absolute Gasteiger partial charge is 0.379 e. The van der Waals surface area contributed by atoms with Crippen molar-refractivity contribution in [1.29, 1.82) is 0 Å². The molecule has 1 amide bonds. The second-order valence-corrected chi connectivity index (χ2v) is 9.34. The summed E-state index contributed by atoms with van der Waals surface area (Å²) in [7, 11) is 0. The molecule has 1 aliphatic heterocycles. The van der Waals surface area contributed by atoms with E-state index >= 15 is 0 Å². The first-order valence-corrected chi connectivity index (χ1v) is 11.6. The Labute approximate surface area is 177 Å². The van der Waals surface area contributed by atoms with E-state index in [1.165, 1.54) is 36.2 Å². The van der Waals surface area contributed by atoms with Crippen LogP contribution in [-0.4, -0.2) is 54.2 Å². The highest BCUT2D eigenvalue weighted by Gasteiger charge is 2.39. The Kier molecular flexibility index (Phi) is 6.63. The third-order valence-corrected chi connectivity index (χ3v) is 7.45. The van der Waals surface area contributed by atoms with Gasteiger partial charge in [-0.15, -0.1) is 11.3 Å². The molecule has 1 saturated heterocycles. The van der Waals surface area contributed by atoms with Gasteiger partial charge in [-0.1, -0.05) is 49.6 Å². The van der Waals surface area contributed by atoms with Crippen LogP contribution in [0.15, 0.2) is 30.3 Å². The lowest BCUT2D eigenvalue weighted by Crippen LogP contribution is -2.59. The zero-order chi connectivity index (χ0) is 20.1. The van der Waals surface area contributed by atoms with E-state index in [0.717, 1.165) is 67.7 Å². The lowest BCUT2D eigenvalue weighted by molar-refractivity contribution is -0.0361. The molecular weight excluding hydrogens is 382 g/mol. The number of ether oxygens (including phenoxy) is 1. The Hall–Kier alpha value is -1.76. The summed E-state index contributed by atoms with van der Waals surface area (Å²) < 4.78 is 5.56. The van der Waals surface area contributed by atoms with Gasteiger partial charge in [-0.2, -0.15) is 0 Å². The van der Waals surface area contributed by atoms with Gasteiger partial charge < -0.3 is 10.1 Å². The van der Waals surface area contributed by atoms with Gasteiger partial charge in [0, 0.05) is 31.6 Å². The topological polar surface area (TPSA) is 54.5 Å². The van der Waals surface area contributed by atoms with Crippen LogP contribution in [0.4, 0.5) is 0 Å². The number of thiazole rings is 1. The monoisotopic (exact) mass is 413 g/mol. The molecule has 0 bridgehead atoms. The van der Waals surface area contributed by atoms with Crippen LogP contribution in [0.25, 0.3) is 0 Å². The number of carbonyl (C=O) groups is 1. The number of rotatable bonds is 6. The number of carbonyl (C=O) groups excluding carboxylic acids is 1. The van der Waals surface area contributed by atoms with Crippen LogP contribution in [0.3, 0.4) is 0 Å². The molecule has 1 saturated carbocycles. The Morgan fingerprint density at radius 1 is 1.17 bits per heavy atom. The van der Waals surface area contributed by atoms with Crippen LogP contribution >= 0.6 is 11.3 Å². The Morgan fingerprint density at radius 3 is 2.62 bits per heavy atom. The van der Waals surface area contributed by atoms with Gasteiger partial charge in [-0.05, 0) is 25.3 Å². The summed E-state index contributed by atoms with van der Waals surface area (Å²) in [6, 6.07) is 10.3. The molecule has 1 aromatic carbocycles. The predicted molar refractivity (Wildman–Crippen MR) is 117 cm³/mol. The highest BCUT2D eigenvalue weighted by molar-refractivity contribution is 7.13. The van der Waals surface area contributed by atoms with Crippen molar-refractivity contribution in [2.45, 2.75) is 51.0 Å². The molecule has 29 heavy (non-hydrogen) atoms. The lowest BCUT2D eigenvalue weighted by atomic mass is 9.79. The highest BCUT2D eigenvalue weighted by Crippen LogP contribution is 2.34. The number of nitrogens with zero attached hydrogens (tertiary/aromatic N) is 2. The second-order valence-electron chi connectivity index (χ2n) is 8.25. The van der Waals surface area contributed by atoms with Gasteiger partial charge in [0.1, 0.15) is 4.88 Å². The van der Waals surface area contributed by atoms with Crippen LogP contribution in [0.5, 0.6) is 0 Å². The Bertz CT molecular complexity index is 809. The van der Waals surface area contributed by atoms with Gasteiger partial charge in [-0.3, -0.25) is 9.69 Å². The summed E-state index contributed by atoms with van der Waals surface area (Å²) in [5.41, 5.74) is 2.15. The van der Waals surface area contributed by atoms with Gasteiger partial charge in [0.25, 0.3) is 5.91 Å². The zero-order valence-corrected chi connectivity index (χ0v) is 18.1. The SMILES string of the molecule is Cc1nc(Cc2ccccc2)sc1C(=O)NCC1(N2CCOCC2)CCCCC1. The number of aryl methyl sites for hydroxylation is 1. The molecule has 6 heteroatoms. The summed E-state index contributed by atoms with van der Waals surface area (Å²) in [6.07, 6.45) is 6.89. The van der Waals surface area contributed by atoms with E-state index in [1.807, 2.05) is 25.1 Å². The summed E-state index contributed by atoms with van der Waals surface area (Å²) in [6.45, 7) is 6.20. The van der Waals surface area contributed by atoms with E-state index in [0.29, 0.717) is 0 Å². The third kappa shape index (κ3) is 4.87. The number of aromatic nitrogens is 1. The van der Waals surface area contributed by atoms with Gasteiger partial charge in [-0.25, -0.2) is 4.98 Å². The average Bonchev–Trinajstić information content (AvgIpc) is 3.14. The third-order valence-electron chi connectivity index (χ3n) is 6.29. The molecule has 2 heterocycles. The fourth-order valence-corrected chi connectivity index (χ4v) is 5.70. The number of hydrogen-bond acceptors (Lipinski definition) is 5. The van der Waals surface area contributed by atoms with Gasteiger partial charge >= 0.3 is 0 Å². The number of hydrogen-bond donors (Lipinski definition) is 1. The normalized spacial score (nSPS) is 19.8. The molecule has 156 valence electrons. The van der Waals surface area contributed by atoms with Crippen LogP contribution in [0, 0.1) is 6.92 Å². The molecule has 2 aliphatic rings. The Morgan fingerprint density at radius 2 is 1.90 bits per heavy atom. The molecule has 1 N–H and O–H groups in total. The molecule has 5 nitrogen and oxygen atoms in total. The molecule has 4 rings (SSSR count). The standard InChI is InChI=1S/C23H31N3O2S/c1-18-21(29-20(25-18)16-19-8-4-2-5-9-19)22(27)24-17-23(10-6-3-7-11-23)26-12-14-28-15-13-26/h2,4-5,8-9H,3,6-7,10-17H2,1H3,(H,24,27). The van der Waals surface area contributed by atoms with Crippen molar-refractivity contribution in [3.63, 3.8) is 0 Å². The fraction of sp³-hybridized carbons (Fsp3) is 0.565. The van der Waals surface area contributed by atoms with Gasteiger partial charge in [0.05, 0.1) is 23.9 Å². The van der Waals surface area contributed by atoms with E-state index in [4.69, 9.17) is 4.74 Å². The maximum Gasteiger partial charge on any atom is 0.263 e. The smallest absolute Gasteiger partial charge is 0.263 e. The minimum Gasteiger partial charge on any atom is -0.379 e.